The maximum atomic E-state index is 11.4. The summed E-state index contributed by atoms with van der Waals surface area (Å²) in [4.78, 5) is 22.8. The van der Waals surface area contributed by atoms with E-state index in [0.29, 0.717) is 0 Å². The maximum absolute atomic E-state index is 11.4. The van der Waals surface area contributed by atoms with Gasteiger partial charge in [0.1, 0.15) is 5.54 Å². The molecule has 0 heterocycles. The van der Waals surface area contributed by atoms with E-state index in [1.807, 2.05) is 24.3 Å². The number of hydrogen-bond acceptors (Lipinski definition) is 3. The van der Waals surface area contributed by atoms with Gasteiger partial charge in [-0.3, -0.25) is 9.59 Å². The number of carbonyl (C=O) groups is 2. The molecule has 0 radical (unpaired) electrons. The van der Waals surface area contributed by atoms with E-state index in [-0.39, 0.29) is 18.0 Å². The first-order valence-electron chi connectivity index (χ1n) is 4.91. The second kappa shape index (κ2) is 4.89. The van der Waals surface area contributed by atoms with Crippen molar-refractivity contribution >= 4 is 27.5 Å². The van der Waals surface area contributed by atoms with Crippen LogP contribution in [0.4, 0.5) is 0 Å². The standard InChI is InChI=1S/C12H14BrNO2/c1-8(15)12(14,9(2)16)7-10-3-5-11(13)6-4-10/h3-6H,7,14H2,1-2H3. The van der Waals surface area contributed by atoms with Crippen molar-refractivity contribution in [1.82, 2.24) is 0 Å². The van der Waals surface area contributed by atoms with Gasteiger partial charge in [0.15, 0.2) is 11.6 Å². The van der Waals surface area contributed by atoms with Crippen LogP contribution in [0.25, 0.3) is 0 Å². The van der Waals surface area contributed by atoms with Crippen LogP contribution in [0.2, 0.25) is 0 Å². The molecule has 16 heavy (non-hydrogen) atoms. The maximum Gasteiger partial charge on any atom is 0.157 e. The highest BCUT2D eigenvalue weighted by atomic mass is 79.9. The van der Waals surface area contributed by atoms with E-state index >= 15 is 0 Å². The third-order valence-corrected chi connectivity index (χ3v) is 3.18. The number of carbonyl (C=O) groups excluding carboxylic acids is 2. The van der Waals surface area contributed by atoms with Gasteiger partial charge in [0, 0.05) is 10.9 Å². The summed E-state index contributed by atoms with van der Waals surface area (Å²) in [5.74, 6) is -0.606. The molecule has 0 saturated heterocycles. The fraction of sp³-hybridized carbons (Fsp3) is 0.333. The Morgan fingerprint density at radius 2 is 1.62 bits per heavy atom. The summed E-state index contributed by atoms with van der Waals surface area (Å²) in [6.07, 6.45) is 0.241. The van der Waals surface area contributed by atoms with E-state index in [4.69, 9.17) is 5.73 Å². The topological polar surface area (TPSA) is 60.2 Å². The third kappa shape index (κ3) is 2.77. The normalized spacial score (nSPS) is 11.2. The quantitative estimate of drug-likeness (QED) is 0.859. The van der Waals surface area contributed by atoms with Crippen molar-refractivity contribution in [2.75, 3.05) is 0 Å². The van der Waals surface area contributed by atoms with Crippen LogP contribution < -0.4 is 5.73 Å². The van der Waals surface area contributed by atoms with E-state index in [0.717, 1.165) is 10.0 Å². The van der Waals surface area contributed by atoms with Crippen molar-refractivity contribution in [2.45, 2.75) is 25.8 Å². The molecule has 0 aliphatic heterocycles. The van der Waals surface area contributed by atoms with Gasteiger partial charge in [-0.2, -0.15) is 0 Å². The lowest BCUT2D eigenvalue weighted by molar-refractivity contribution is -0.132. The zero-order valence-corrected chi connectivity index (χ0v) is 10.9. The Kier molecular flexibility index (Phi) is 3.99. The van der Waals surface area contributed by atoms with Crippen molar-refractivity contribution in [3.8, 4) is 0 Å². The van der Waals surface area contributed by atoms with Crippen LogP contribution in [-0.4, -0.2) is 17.1 Å². The second-order valence-corrected chi connectivity index (χ2v) is 4.80. The van der Waals surface area contributed by atoms with Gasteiger partial charge in [0.05, 0.1) is 0 Å². The summed E-state index contributed by atoms with van der Waals surface area (Å²) >= 11 is 3.32. The molecule has 0 spiro atoms. The Morgan fingerprint density at radius 1 is 1.19 bits per heavy atom. The Hall–Kier alpha value is -1.00. The summed E-state index contributed by atoms with van der Waals surface area (Å²) in [6, 6.07) is 7.40. The van der Waals surface area contributed by atoms with Crippen LogP contribution in [0.3, 0.4) is 0 Å². The van der Waals surface area contributed by atoms with E-state index < -0.39 is 5.54 Å². The number of nitrogens with two attached hydrogens (primary N) is 1. The fourth-order valence-electron chi connectivity index (χ4n) is 1.42. The van der Waals surface area contributed by atoms with Gasteiger partial charge in [0.25, 0.3) is 0 Å². The molecule has 0 bridgehead atoms. The Bertz CT molecular complexity index is 398. The van der Waals surface area contributed by atoms with Crippen LogP contribution in [0.5, 0.6) is 0 Å². The Balaban J connectivity index is 2.97. The summed E-state index contributed by atoms with van der Waals surface area (Å²) in [6.45, 7) is 2.69. The summed E-state index contributed by atoms with van der Waals surface area (Å²) in [5, 5.41) is 0. The highest BCUT2D eigenvalue weighted by Gasteiger charge is 2.35. The van der Waals surface area contributed by atoms with Crippen molar-refractivity contribution < 1.29 is 9.59 Å². The fourth-order valence-corrected chi connectivity index (χ4v) is 1.69. The molecular weight excluding hydrogens is 270 g/mol. The van der Waals surface area contributed by atoms with Crippen LogP contribution in [0.15, 0.2) is 28.7 Å². The van der Waals surface area contributed by atoms with E-state index in [1.165, 1.54) is 13.8 Å². The van der Waals surface area contributed by atoms with Crippen molar-refractivity contribution in [3.63, 3.8) is 0 Å². The molecule has 0 unspecified atom stereocenters. The van der Waals surface area contributed by atoms with Gasteiger partial charge in [-0.05, 0) is 31.5 Å². The summed E-state index contributed by atoms with van der Waals surface area (Å²) in [5.41, 5.74) is 5.32. The van der Waals surface area contributed by atoms with Gasteiger partial charge < -0.3 is 5.73 Å². The number of benzene rings is 1. The first kappa shape index (κ1) is 13.1. The Morgan fingerprint density at radius 3 is 2.00 bits per heavy atom. The molecule has 0 amide bonds. The Labute approximate surface area is 103 Å². The smallest absolute Gasteiger partial charge is 0.157 e. The molecule has 2 N–H and O–H groups in total. The largest absolute Gasteiger partial charge is 0.313 e. The highest BCUT2D eigenvalue weighted by molar-refractivity contribution is 9.10. The van der Waals surface area contributed by atoms with E-state index in [1.54, 1.807) is 0 Å². The molecule has 0 aliphatic carbocycles. The third-order valence-electron chi connectivity index (χ3n) is 2.65. The summed E-state index contributed by atoms with van der Waals surface area (Å²) in [7, 11) is 0. The zero-order chi connectivity index (χ0) is 12.3. The monoisotopic (exact) mass is 283 g/mol. The molecule has 1 rings (SSSR count). The average Bonchev–Trinajstić information content (AvgIpc) is 2.20. The number of ketones is 2. The van der Waals surface area contributed by atoms with Crippen LogP contribution in [0.1, 0.15) is 19.4 Å². The molecule has 0 aliphatic rings. The summed E-state index contributed by atoms with van der Waals surface area (Å²) < 4.78 is 0.949. The minimum absolute atomic E-state index is 0.241. The van der Waals surface area contributed by atoms with Gasteiger partial charge in [-0.15, -0.1) is 0 Å². The molecular formula is C12H14BrNO2. The molecule has 3 nitrogen and oxygen atoms in total. The number of rotatable bonds is 4. The first-order chi connectivity index (χ1) is 7.36. The lowest BCUT2D eigenvalue weighted by Gasteiger charge is -2.23. The van der Waals surface area contributed by atoms with Crippen molar-refractivity contribution in [3.05, 3.63) is 34.3 Å². The lowest BCUT2D eigenvalue weighted by Crippen LogP contribution is -2.54. The van der Waals surface area contributed by atoms with Crippen LogP contribution >= 0.6 is 15.9 Å². The van der Waals surface area contributed by atoms with Crippen molar-refractivity contribution in [2.24, 2.45) is 5.73 Å². The molecule has 0 atom stereocenters. The predicted molar refractivity (Wildman–Crippen MR) is 66.1 cm³/mol. The molecule has 0 saturated carbocycles. The highest BCUT2D eigenvalue weighted by Crippen LogP contribution is 2.16. The molecule has 0 fully saturated rings. The van der Waals surface area contributed by atoms with E-state index in [9.17, 15) is 9.59 Å². The number of halogens is 1. The molecule has 1 aromatic carbocycles. The zero-order valence-electron chi connectivity index (χ0n) is 9.29. The molecule has 1 aromatic rings. The van der Waals surface area contributed by atoms with Gasteiger partial charge in [-0.25, -0.2) is 0 Å². The van der Waals surface area contributed by atoms with Gasteiger partial charge in [-0.1, -0.05) is 28.1 Å². The number of hydrogen-bond donors (Lipinski definition) is 1. The lowest BCUT2D eigenvalue weighted by atomic mass is 9.85. The SMILES string of the molecule is CC(=O)C(N)(Cc1ccc(Br)cc1)C(C)=O. The van der Waals surface area contributed by atoms with Crippen LogP contribution in [0, 0.1) is 0 Å². The molecule has 86 valence electrons. The predicted octanol–water partition coefficient (Wildman–Crippen LogP) is 1.87. The number of Topliss-reactive ketones (excluding diaryl/α,β-unsaturated/α-hetero) is 2. The minimum Gasteiger partial charge on any atom is -0.313 e. The molecule has 0 aromatic heterocycles. The first-order valence-corrected chi connectivity index (χ1v) is 5.71. The van der Waals surface area contributed by atoms with Gasteiger partial charge >= 0.3 is 0 Å². The van der Waals surface area contributed by atoms with Crippen LogP contribution in [-0.2, 0) is 16.0 Å². The van der Waals surface area contributed by atoms with Gasteiger partial charge in [0.2, 0.25) is 0 Å². The molecule has 4 heteroatoms. The second-order valence-electron chi connectivity index (χ2n) is 3.89. The van der Waals surface area contributed by atoms with E-state index in [2.05, 4.69) is 15.9 Å². The average molecular weight is 284 g/mol. The van der Waals surface area contributed by atoms with Crippen molar-refractivity contribution in [1.29, 1.82) is 0 Å². The minimum atomic E-state index is -1.40.